The third-order valence-corrected chi connectivity index (χ3v) is 4.36. The van der Waals surface area contributed by atoms with Gasteiger partial charge in [-0.25, -0.2) is 8.78 Å². The highest BCUT2D eigenvalue weighted by atomic mass is 79.9. The van der Waals surface area contributed by atoms with E-state index in [0.717, 1.165) is 20.6 Å². The molecule has 20 heavy (non-hydrogen) atoms. The summed E-state index contributed by atoms with van der Waals surface area (Å²) in [5.41, 5.74) is 1.73. The Morgan fingerprint density at radius 1 is 1.00 bits per heavy atom. The van der Waals surface area contributed by atoms with Gasteiger partial charge in [0.2, 0.25) is 0 Å². The minimum Gasteiger partial charge on any atom is -0.309 e. The lowest BCUT2D eigenvalue weighted by molar-refractivity contribution is 0.547. The van der Waals surface area contributed by atoms with E-state index in [2.05, 4.69) is 37.2 Å². The second-order valence-corrected chi connectivity index (χ2v) is 6.28. The van der Waals surface area contributed by atoms with Gasteiger partial charge in [0.05, 0.1) is 6.04 Å². The van der Waals surface area contributed by atoms with Gasteiger partial charge in [-0.15, -0.1) is 0 Å². The fourth-order valence-corrected chi connectivity index (χ4v) is 2.97. The molecule has 0 aliphatic rings. The first-order chi connectivity index (χ1) is 9.43. The normalized spacial score (nSPS) is 12.5. The molecular weight excluding hydrogens is 392 g/mol. The molecule has 5 heteroatoms. The molecule has 0 aromatic heterocycles. The van der Waals surface area contributed by atoms with Crippen LogP contribution < -0.4 is 5.32 Å². The zero-order valence-corrected chi connectivity index (χ0v) is 14.1. The van der Waals surface area contributed by atoms with Gasteiger partial charge in [0, 0.05) is 20.6 Å². The number of benzene rings is 2. The van der Waals surface area contributed by atoms with Crippen LogP contribution in [0.3, 0.4) is 0 Å². The highest BCUT2D eigenvalue weighted by Gasteiger charge is 2.20. The zero-order chi connectivity index (χ0) is 14.9. The molecule has 0 aliphatic heterocycles. The minimum absolute atomic E-state index is 0.360. The molecule has 0 amide bonds. The number of hydrogen-bond acceptors (Lipinski definition) is 1. The number of rotatable bonds is 3. The van der Waals surface area contributed by atoms with Crippen molar-refractivity contribution in [3.63, 3.8) is 0 Å². The van der Waals surface area contributed by atoms with Crippen LogP contribution in [0, 0.1) is 18.6 Å². The van der Waals surface area contributed by atoms with Crippen molar-refractivity contribution in [3.05, 3.63) is 67.6 Å². The van der Waals surface area contributed by atoms with E-state index in [1.807, 2.05) is 18.2 Å². The maximum absolute atomic E-state index is 14.1. The predicted octanol–water partition coefficient (Wildman–Crippen LogP) is 5.11. The summed E-state index contributed by atoms with van der Waals surface area (Å²) in [4.78, 5) is 0. The average molecular weight is 405 g/mol. The summed E-state index contributed by atoms with van der Waals surface area (Å²) in [5, 5.41) is 3.08. The van der Waals surface area contributed by atoms with Crippen LogP contribution in [0.25, 0.3) is 0 Å². The summed E-state index contributed by atoms with van der Waals surface area (Å²) >= 11 is 6.88. The Hall–Kier alpha value is -0.780. The monoisotopic (exact) mass is 403 g/mol. The summed E-state index contributed by atoms with van der Waals surface area (Å²) in [6.07, 6.45) is 0. The van der Waals surface area contributed by atoms with Crippen LogP contribution in [-0.4, -0.2) is 7.05 Å². The lowest BCUT2D eigenvalue weighted by Crippen LogP contribution is -2.20. The van der Waals surface area contributed by atoms with E-state index in [-0.39, 0.29) is 6.04 Å². The smallest absolute Gasteiger partial charge is 0.131 e. The van der Waals surface area contributed by atoms with Crippen molar-refractivity contribution in [2.75, 3.05) is 7.05 Å². The molecule has 2 aromatic rings. The second-order valence-electron chi connectivity index (χ2n) is 4.51. The van der Waals surface area contributed by atoms with Gasteiger partial charge >= 0.3 is 0 Å². The Bertz CT molecular complexity index is 644. The summed E-state index contributed by atoms with van der Waals surface area (Å²) in [5.74, 6) is -1.09. The topological polar surface area (TPSA) is 12.0 Å². The highest BCUT2D eigenvalue weighted by molar-refractivity contribution is 9.11. The third-order valence-electron chi connectivity index (χ3n) is 3.15. The van der Waals surface area contributed by atoms with Gasteiger partial charge in [0.15, 0.2) is 0 Å². The van der Waals surface area contributed by atoms with Crippen molar-refractivity contribution in [1.29, 1.82) is 0 Å². The first-order valence-corrected chi connectivity index (χ1v) is 7.60. The van der Waals surface area contributed by atoms with E-state index in [9.17, 15) is 8.78 Å². The Kier molecular flexibility index (Phi) is 4.94. The SMILES string of the molecule is CNC(c1cc(C)c(F)cc1F)c1cc(Br)ccc1Br. The molecule has 0 saturated carbocycles. The molecule has 1 nitrogen and oxygen atoms in total. The maximum Gasteiger partial charge on any atom is 0.131 e. The number of nitrogens with one attached hydrogen (secondary N) is 1. The molecule has 0 heterocycles. The van der Waals surface area contributed by atoms with Crippen molar-refractivity contribution in [2.45, 2.75) is 13.0 Å². The Morgan fingerprint density at radius 3 is 2.35 bits per heavy atom. The van der Waals surface area contributed by atoms with Crippen LogP contribution in [0.2, 0.25) is 0 Å². The number of aryl methyl sites for hydroxylation is 1. The van der Waals surface area contributed by atoms with Crippen LogP contribution in [0.5, 0.6) is 0 Å². The summed E-state index contributed by atoms with van der Waals surface area (Å²) < 4.78 is 29.2. The van der Waals surface area contributed by atoms with E-state index in [4.69, 9.17) is 0 Å². The summed E-state index contributed by atoms with van der Waals surface area (Å²) in [6.45, 7) is 1.63. The van der Waals surface area contributed by atoms with Crippen LogP contribution in [0.4, 0.5) is 8.78 Å². The van der Waals surface area contributed by atoms with Gasteiger partial charge in [0.1, 0.15) is 11.6 Å². The fraction of sp³-hybridized carbons (Fsp3) is 0.200. The van der Waals surface area contributed by atoms with Gasteiger partial charge in [-0.05, 0) is 49.4 Å². The molecule has 0 radical (unpaired) electrons. The van der Waals surface area contributed by atoms with E-state index >= 15 is 0 Å². The third kappa shape index (κ3) is 3.10. The van der Waals surface area contributed by atoms with Crippen LogP contribution in [-0.2, 0) is 0 Å². The molecule has 0 aliphatic carbocycles. The minimum atomic E-state index is -0.556. The standard InChI is InChI=1S/C15H13Br2F2N/c1-8-5-11(14(19)7-13(8)18)15(20-2)10-6-9(16)3-4-12(10)17/h3-7,15,20H,1-2H3. The van der Waals surface area contributed by atoms with E-state index < -0.39 is 11.6 Å². The largest absolute Gasteiger partial charge is 0.309 e. The Balaban J connectivity index is 2.58. The molecule has 2 rings (SSSR count). The highest BCUT2D eigenvalue weighted by Crippen LogP contribution is 2.32. The molecule has 1 unspecified atom stereocenters. The lowest BCUT2D eigenvalue weighted by atomic mass is 9.96. The van der Waals surface area contributed by atoms with E-state index in [1.54, 1.807) is 20.0 Å². The van der Waals surface area contributed by atoms with Gasteiger partial charge in [-0.2, -0.15) is 0 Å². The van der Waals surface area contributed by atoms with Crippen molar-refractivity contribution >= 4 is 31.9 Å². The molecule has 1 N–H and O–H groups in total. The number of hydrogen-bond donors (Lipinski definition) is 1. The number of halogens is 4. The van der Waals surface area contributed by atoms with Crippen molar-refractivity contribution in [3.8, 4) is 0 Å². The predicted molar refractivity (Wildman–Crippen MR) is 83.8 cm³/mol. The molecule has 0 fully saturated rings. The van der Waals surface area contributed by atoms with Crippen LogP contribution in [0.15, 0.2) is 39.3 Å². The van der Waals surface area contributed by atoms with E-state index in [1.165, 1.54) is 0 Å². The van der Waals surface area contributed by atoms with E-state index in [0.29, 0.717) is 11.1 Å². The average Bonchev–Trinajstić information content (AvgIpc) is 2.40. The Morgan fingerprint density at radius 2 is 1.70 bits per heavy atom. The van der Waals surface area contributed by atoms with Crippen molar-refractivity contribution in [1.82, 2.24) is 5.32 Å². The summed E-state index contributed by atoms with van der Waals surface area (Å²) in [7, 11) is 1.75. The maximum atomic E-state index is 14.1. The summed E-state index contributed by atoms with van der Waals surface area (Å²) in [6, 6.07) is 7.80. The molecule has 0 saturated heterocycles. The van der Waals surface area contributed by atoms with Crippen LogP contribution >= 0.6 is 31.9 Å². The first kappa shape index (κ1) is 15.6. The molecule has 1 atom stereocenters. The van der Waals surface area contributed by atoms with Crippen molar-refractivity contribution < 1.29 is 8.78 Å². The van der Waals surface area contributed by atoms with Gasteiger partial charge < -0.3 is 5.32 Å². The molecule has 0 spiro atoms. The molecule has 2 aromatic carbocycles. The van der Waals surface area contributed by atoms with Gasteiger partial charge in [0.25, 0.3) is 0 Å². The first-order valence-electron chi connectivity index (χ1n) is 6.01. The molecule has 106 valence electrons. The molecular formula is C15H13Br2F2N. The quantitative estimate of drug-likeness (QED) is 0.749. The fourth-order valence-electron chi connectivity index (χ4n) is 2.12. The second kappa shape index (κ2) is 6.33. The van der Waals surface area contributed by atoms with Gasteiger partial charge in [-0.1, -0.05) is 31.9 Å². The van der Waals surface area contributed by atoms with Crippen LogP contribution in [0.1, 0.15) is 22.7 Å². The Labute approximate surface area is 133 Å². The van der Waals surface area contributed by atoms with Crippen molar-refractivity contribution in [2.24, 2.45) is 0 Å². The lowest BCUT2D eigenvalue weighted by Gasteiger charge is -2.20. The van der Waals surface area contributed by atoms with Gasteiger partial charge in [-0.3, -0.25) is 0 Å². The zero-order valence-electron chi connectivity index (χ0n) is 11.0. The molecule has 0 bridgehead atoms.